The number of hydrogen-bond acceptors (Lipinski definition) is 4. The fraction of sp³-hybridized carbons (Fsp3) is 0.478. The average molecular weight is 380 g/mol. The summed E-state index contributed by atoms with van der Waals surface area (Å²) in [7, 11) is 0. The van der Waals surface area contributed by atoms with E-state index in [2.05, 4.69) is 39.5 Å². The Morgan fingerprint density at radius 3 is 2.50 bits per heavy atom. The van der Waals surface area contributed by atoms with Crippen LogP contribution >= 0.6 is 0 Å². The molecule has 1 saturated heterocycles. The van der Waals surface area contributed by atoms with E-state index >= 15 is 0 Å². The Bertz CT molecular complexity index is 770. The summed E-state index contributed by atoms with van der Waals surface area (Å²) >= 11 is 0. The highest BCUT2D eigenvalue weighted by Crippen LogP contribution is 2.25. The van der Waals surface area contributed by atoms with Crippen LogP contribution in [0.2, 0.25) is 0 Å². The molecule has 1 aromatic heterocycles. The molecule has 1 amide bonds. The standard InChI is InChI=1S/C23H29N3O2/c27-21-11-9-20(10-12-21)25-23(28)19-7-4-14-26(16-19)22-13-8-18(15-24-22)17-5-2-1-3-6-17/h1-3,5-6,8,13,15,19-21,27H,4,7,9-12,14,16H2,(H,25,28). The first-order chi connectivity index (χ1) is 13.7. The minimum Gasteiger partial charge on any atom is -0.393 e. The summed E-state index contributed by atoms with van der Waals surface area (Å²) in [5.74, 6) is 1.11. The summed E-state index contributed by atoms with van der Waals surface area (Å²) in [4.78, 5) is 19.6. The third kappa shape index (κ3) is 4.53. The molecule has 2 aliphatic rings. The number of piperidine rings is 1. The second kappa shape index (κ2) is 8.74. The van der Waals surface area contributed by atoms with Gasteiger partial charge in [-0.1, -0.05) is 30.3 Å². The van der Waals surface area contributed by atoms with Crippen molar-refractivity contribution >= 4 is 11.7 Å². The number of carbonyl (C=O) groups is 1. The molecule has 1 aliphatic heterocycles. The van der Waals surface area contributed by atoms with E-state index in [1.54, 1.807) is 0 Å². The molecule has 1 aromatic carbocycles. The van der Waals surface area contributed by atoms with Gasteiger partial charge in [0, 0.05) is 30.9 Å². The minimum absolute atomic E-state index is 0.0104. The van der Waals surface area contributed by atoms with Gasteiger partial charge in [0.1, 0.15) is 5.82 Å². The highest BCUT2D eigenvalue weighted by Gasteiger charge is 2.29. The number of nitrogens with zero attached hydrogens (tertiary/aromatic N) is 2. The number of rotatable bonds is 4. The Balaban J connectivity index is 1.36. The maximum atomic E-state index is 12.7. The molecule has 0 spiro atoms. The number of amides is 1. The van der Waals surface area contributed by atoms with Gasteiger partial charge in [0.2, 0.25) is 5.91 Å². The molecule has 5 heteroatoms. The molecule has 2 fully saturated rings. The summed E-state index contributed by atoms with van der Waals surface area (Å²) in [6.07, 6.45) is 7.00. The molecule has 2 aromatic rings. The van der Waals surface area contributed by atoms with E-state index in [-0.39, 0.29) is 24.0 Å². The number of aliphatic hydroxyl groups is 1. The maximum Gasteiger partial charge on any atom is 0.225 e. The number of pyridine rings is 1. The molecule has 1 saturated carbocycles. The van der Waals surface area contributed by atoms with E-state index in [0.29, 0.717) is 0 Å². The van der Waals surface area contributed by atoms with Gasteiger partial charge in [0.05, 0.1) is 12.0 Å². The average Bonchev–Trinajstić information content (AvgIpc) is 2.76. The van der Waals surface area contributed by atoms with Crippen LogP contribution in [0.1, 0.15) is 38.5 Å². The summed E-state index contributed by atoms with van der Waals surface area (Å²) < 4.78 is 0. The molecule has 0 bridgehead atoms. The molecule has 5 nitrogen and oxygen atoms in total. The van der Waals surface area contributed by atoms with Crippen LogP contribution in [-0.4, -0.2) is 41.2 Å². The van der Waals surface area contributed by atoms with E-state index in [1.807, 2.05) is 24.4 Å². The van der Waals surface area contributed by atoms with Crippen molar-refractivity contribution in [2.45, 2.75) is 50.7 Å². The van der Waals surface area contributed by atoms with Gasteiger partial charge in [-0.25, -0.2) is 4.98 Å². The largest absolute Gasteiger partial charge is 0.393 e. The number of aliphatic hydroxyl groups excluding tert-OH is 1. The van der Waals surface area contributed by atoms with Crippen LogP contribution in [0.3, 0.4) is 0 Å². The Kier molecular flexibility index (Phi) is 5.91. The van der Waals surface area contributed by atoms with Crippen LogP contribution in [0.25, 0.3) is 11.1 Å². The number of anilines is 1. The zero-order valence-electron chi connectivity index (χ0n) is 16.3. The predicted octanol–water partition coefficient (Wildman–Crippen LogP) is 3.38. The van der Waals surface area contributed by atoms with Crippen molar-refractivity contribution in [3.63, 3.8) is 0 Å². The second-order valence-electron chi connectivity index (χ2n) is 8.07. The molecule has 1 atom stereocenters. The summed E-state index contributed by atoms with van der Waals surface area (Å²) in [5, 5.41) is 12.9. The molecule has 1 unspecified atom stereocenters. The smallest absolute Gasteiger partial charge is 0.225 e. The number of benzene rings is 1. The topological polar surface area (TPSA) is 65.5 Å². The fourth-order valence-corrected chi connectivity index (χ4v) is 4.31. The van der Waals surface area contributed by atoms with Gasteiger partial charge < -0.3 is 15.3 Å². The highest BCUT2D eigenvalue weighted by atomic mass is 16.3. The zero-order valence-corrected chi connectivity index (χ0v) is 16.3. The lowest BCUT2D eigenvalue weighted by atomic mass is 9.91. The van der Waals surface area contributed by atoms with Gasteiger partial charge >= 0.3 is 0 Å². The summed E-state index contributed by atoms with van der Waals surface area (Å²) in [6, 6.07) is 14.6. The highest BCUT2D eigenvalue weighted by molar-refractivity contribution is 5.80. The summed E-state index contributed by atoms with van der Waals surface area (Å²) in [6.45, 7) is 1.66. The third-order valence-corrected chi connectivity index (χ3v) is 6.01. The van der Waals surface area contributed by atoms with Gasteiger partial charge in [0.25, 0.3) is 0 Å². The first-order valence-electron chi connectivity index (χ1n) is 10.4. The van der Waals surface area contributed by atoms with Crippen molar-refractivity contribution in [1.29, 1.82) is 0 Å². The minimum atomic E-state index is -0.191. The summed E-state index contributed by atoms with van der Waals surface area (Å²) in [5.41, 5.74) is 2.27. The quantitative estimate of drug-likeness (QED) is 0.855. The van der Waals surface area contributed by atoms with Gasteiger partial charge in [-0.3, -0.25) is 4.79 Å². The zero-order chi connectivity index (χ0) is 19.3. The van der Waals surface area contributed by atoms with Crippen molar-refractivity contribution < 1.29 is 9.90 Å². The lowest BCUT2D eigenvalue weighted by Gasteiger charge is -2.34. The Hall–Kier alpha value is -2.40. The molecular formula is C23H29N3O2. The van der Waals surface area contributed by atoms with Crippen LogP contribution in [0.4, 0.5) is 5.82 Å². The van der Waals surface area contributed by atoms with E-state index in [4.69, 9.17) is 0 Å². The molecule has 0 radical (unpaired) electrons. The van der Waals surface area contributed by atoms with E-state index in [9.17, 15) is 9.90 Å². The number of nitrogens with one attached hydrogen (secondary N) is 1. The lowest BCUT2D eigenvalue weighted by molar-refractivity contribution is -0.126. The van der Waals surface area contributed by atoms with Crippen molar-refractivity contribution in [1.82, 2.24) is 10.3 Å². The van der Waals surface area contributed by atoms with Crippen LogP contribution in [0.15, 0.2) is 48.7 Å². The second-order valence-corrected chi connectivity index (χ2v) is 8.07. The van der Waals surface area contributed by atoms with Crippen LogP contribution in [0.5, 0.6) is 0 Å². The first-order valence-corrected chi connectivity index (χ1v) is 10.4. The molecule has 1 aliphatic carbocycles. The molecular weight excluding hydrogens is 350 g/mol. The fourth-order valence-electron chi connectivity index (χ4n) is 4.31. The number of aromatic nitrogens is 1. The number of hydrogen-bond donors (Lipinski definition) is 2. The molecule has 28 heavy (non-hydrogen) atoms. The van der Waals surface area contributed by atoms with Crippen molar-refractivity contribution in [3.8, 4) is 11.1 Å². The normalized spacial score (nSPS) is 25.3. The lowest BCUT2D eigenvalue weighted by Crippen LogP contribution is -2.47. The Labute approximate surface area is 166 Å². The Morgan fingerprint density at radius 1 is 1.00 bits per heavy atom. The van der Waals surface area contributed by atoms with E-state index in [1.165, 1.54) is 0 Å². The van der Waals surface area contributed by atoms with Gasteiger partial charge in [-0.15, -0.1) is 0 Å². The maximum absolute atomic E-state index is 12.7. The van der Waals surface area contributed by atoms with Crippen molar-refractivity contribution in [2.75, 3.05) is 18.0 Å². The SMILES string of the molecule is O=C(NC1CCC(O)CC1)C1CCCN(c2ccc(-c3ccccc3)cn2)C1. The molecule has 148 valence electrons. The predicted molar refractivity (Wildman–Crippen MR) is 111 cm³/mol. The third-order valence-electron chi connectivity index (χ3n) is 6.01. The monoisotopic (exact) mass is 379 g/mol. The van der Waals surface area contributed by atoms with Gasteiger partial charge in [0.15, 0.2) is 0 Å². The number of carbonyl (C=O) groups excluding carboxylic acids is 1. The van der Waals surface area contributed by atoms with E-state index in [0.717, 1.165) is 68.6 Å². The van der Waals surface area contributed by atoms with Crippen molar-refractivity contribution in [2.24, 2.45) is 5.92 Å². The molecule has 2 N–H and O–H groups in total. The van der Waals surface area contributed by atoms with Crippen molar-refractivity contribution in [3.05, 3.63) is 48.7 Å². The van der Waals surface area contributed by atoms with Crippen LogP contribution < -0.4 is 10.2 Å². The molecule has 2 heterocycles. The molecule has 4 rings (SSSR count). The first kappa shape index (κ1) is 18.9. The Morgan fingerprint density at radius 2 is 1.79 bits per heavy atom. The van der Waals surface area contributed by atoms with Crippen LogP contribution in [0, 0.1) is 5.92 Å². The van der Waals surface area contributed by atoms with E-state index < -0.39 is 0 Å². The van der Waals surface area contributed by atoms with Crippen LogP contribution in [-0.2, 0) is 4.79 Å². The van der Waals surface area contributed by atoms with Gasteiger partial charge in [-0.05, 0) is 56.2 Å². The van der Waals surface area contributed by atoms with Gasteiger partial charge in [-0.2, -0.15) is 0 Å².